The average Bonchev–Trinajstić information content (AvgIpc) is 3.02. The number of hydrogen-bond acceptors (Lipinski definition) is 5. The number of thiazole rings is 1. The summed E-state index contributed by atoms with van der Waals surface area (Å²) in [6.45, 7) is 2.94. The van der Waals surface area contributed by atoms with E-state index in [-0.39, 0.29) is 11.8 Å². The fraction of sp³-hybridized carbons (Fsp3) is 0.389. The van der Waals surface area contributed by atoms with Crippen molar-refractivity contribution in [1.29, 1.82) is 0 Å². The Labute approximate surface area is 156 Å². The van der Waals surface area contributed by atoms with Gasteiger partial charge in [-0.1, -0.05) is 0 Å². The molecule has 2 aromatic rings. The van der Waals surface area contributed by atoms with E-state index in [4.69, 9.17) is 10.5 Å². The third-order valence-electron chi connectivity index (χ3n) is 4.49. The van der Waals surface area contributed by atoms with Crippen molar-refractivity contribution in [2.24, 2.45) is 11.7 Å². The molecule has 138 valence electrons. The van der Waals surface area contributed by atoms with Crippen LogP contribution in [0.1, 0.15) is 17.7 Å². The molecular formula is C18H22N4O3S. The molecule has 1 saturated heterocycles. The number of likely N-dealkylation sites (tertiary alicyclic amines) is 1. The van der Waals surface area contributed by atoms with E-state index < -0.39 is 6.03 Å². The van der Waals surface area contributed by atoms with E-state index in [1.165, 1.54) is 16.2 Å². The molecule has 0 aliphatic carbocycles. The Morgan fingerprint density at radius 1 is 1.35 bits per heavy atom. The summed E-state index contributed by atoms with van der Waals surface area (Å²) in [5, 5.41) is 3.45. The quantitative estimate of drug-likeness (QED) is 0.860. The minimum atomic E-state index is -0.477. The zero-order valence-electron chi connectivity index (χ0n) is 14.8. The number of piperidine rings is 1. The van der Waals surface area contributed by atoms with Gasteiger partial charge in [-0.2, -0.15) is 0 Å². The number of primary amides is 1. The smallest absolute Gasteiger partial charge is 0.314 e. The van der Waals surface area contributed by atoms with Crippen molar-refractivity contribution >= 4 is 28.4 Å². The lowest BCUT2D eigenvalue weighted by atomic mass is 9.97. The van der Waals surface area contributed by atoms with Gasteiger partial charge in [0.15, 0.2) is 5.13 Å². The van der Waals surface area contributed by atoms with Gasteiger partial charge in [-0.15, -0.1) is 11.3 Å². The molecule has 1 aliphatic rings. The number of nitrogens with one attached hydrogen (secondary N) is 1. The zero-order valence-corrected chi connectivity index (χ0v) is 15.6. The van der Waals surface area contributed by atoms with Gasteiger partial charge in [0.1, 0.15) is 5.75 Å². The number of carbonyl (C=O) groups excluding carboxylic acids is 2. The SMILES string of the molecule is COc1ccc(-c2nc(NC(=O)[C@H]3CCCN(C(N)=O)C3)sc2C)cc1. The summed E-state index contributed by atoms with van der Waals surface area (Å²) < 4.78 is 5.17. The third-order valence-corrected chi connectivity index (χ3v) is 5.38. The summed E-state index contributed by atoms with van der Waals surface area (Å²) in [5.74, 6) is 0.405. The maximum absolute atomic E-state index is 12.5. The lowest BCUT2D eigenvalue weighted by molar-refractivity contribution is -0.121. The van der Waals surface area contributed by atoms with Crippen molar-refractivity contribution in [1.82, 2.24) is 9.88 Å². The molecule has 7 nitrogen and oxygen atoms in total. The normalized spacial score (nSPS) is 17.0. The largest absolute Gasteiger partial charge is 0.497 e. The number of aromatic nitrogens is 1. The van der Waals surface area contributed by atoms with E-state index in [1.807, 2.05) is 31.2 Å². The minimum Gasteiger partial charge on any atom is -0.497 e. The van der Waals surface area contributed by atoms with Crippen molar-refractivity contribution in [2.45, 2.75) is 19.8 Å². The van der Waals surface area contributed by atoms with E-state index in [0.29, 0.717) is 18.2 Å². The van der Waals surface area contributed by atoms with E-state index in [9.17, 15) is 9.59 Å². The standard InChI is InChI=1S/C18H22N4O3S/c1-11-15(12-5-7-14(25-2)8-6-12)20-18(26-11)21-16(23)13-4-3-9-22(10-13)17(19)24/h5-8,13H,3-4,9-10H2,1-2H3,(H2,19,24)(H,20,21,23)/t13-/m0/s1. The number of anilines is 1. The molecular weight excluding hydrogens is 352 g/mol. The summed E-state index contributed by atoms with van der Waals surface area (Å²) >= 11 is 1.44. The molecule has 0 saturated carbocycles. The Kier molecular flexibility index (Phi) is 5.41. The molecule has 0 spiro atoms. The molecule has 26 heavy (non-hydrogen) atoms. The summed E-state index contributed by atoms with van der Waals surface area (Å²) in [7, 11) is 1.63. The molecule has 3 amide bonds. The fourth-order valence-corrected chi connectivity index (χ4v) is 3.90. The summed E-state index contributed by atoms with van der Waals surface area (Å²) in [5.41, 5.74) is 7.14. The van der Waals surface area contributed by atoms with Crippen LogP contribution in [0, 0.1) is 12.8 Å². The Hall–Kier alpha value is -2.61. The molecule has 1 aromatic carbocycles. The first-order chi connectivity index (χ1) is 12.5. The number of aryl methyl sites for hydroxylation is 1. The van der Waals surface area contributed by atoms with Crippen LogP contribution in [0.2, 0.25) is 0 Å². The average molecular weight is 374 g/mol. The first kappa shape index (κ1) is 18.2. The topological polar surface area (TPSA) is 97.6 Å². The number of amides is 3. The Morgan fingerprint density at radius 2 is 2.08 bits per heavy atom. The molecule has 2 heterocycles. The molecule has 1 aromatic heterocycles. The predicted molar refractivity (Wildman–Crippen MR) is 101 cm³/mol. The van der Waals surface area contributed by atoms with Gasteiger partial charge in [0.25, 0.3) is 0 Å². The van der Waals surface area contributed by atoms with Crippen molar-refractivity contribution in [3.8, 4) is 17.0 Å². The lowest BCUT2D eigenvalue weighted by Crippen LogP contribution is -2.46. The molecule has 0 bridgehead atoms. The fourth-order valence-electron chi connectivity index (χ4n) is 3.07. The Balaban J connectivity index is 1.70. The highest BCUT2D eigenvalue weighted by Crippen LogP contribution is 2.31. The second-order valence-corrected chi connectivity index (χ2v) is 7.47. The summed E-state index contributed by atoms with van der Waals surface area (Å²) in [4.78, 5) is 31.0. The second kappa shape index (κ2) is 7.74. The van der Waals surface area contributed by atoms with Crippen molar-refractivity contribution in [3.05, 3.63) is 29.1 Å². The molecule has 1 aliphatic heterocycles. The maximum atomic E-state index is 12.5. The number of ether oxygens (including phenoxy) is 1. The van der Waals surface area contributed by atoms with Gasteiger partial charge in [0, 0.05) is 23.5 Å². The number of rotatable bonds is 4. The Bertz CT molecular complexity index is 803. The van der Waals surface area contributed by atoms with Gasteiger partial charge in [-0.25, -0.2) is 9.78 Å². The molecule has 3 N–H and O–H groups in total. The number of urea groups is 1. The van der Waals surface area contributed by atoms with Crippen LogP contribution in [-0.2, 0) is 4.79 Å². The van der Waals surface area contributed by atoms with Crippen LogP contribution in [-0.4, -0.2) is 42.0 Å². The second-order valence-electron chi connectivity index (χ2n) is 6.26. The maximum Gasteiger partial charge on any atom is 0.314 e. The highest BCUT2D eigenvalue weighted by atomic mass is 32.1. The van der Waals surface area contributed by atoms with Crippen LogP contribution in [0.5, 0.6) is 5.75 Å². The van der Waals surface area contributed by atoms with Crippen molar-refractivity contribution in [2.75, 3.05) is 25.5 Å². The lowest BCUT2D eigenvalue weighted by Gasteiger charge is -2.30. The number of nitrogens with two attached hydrogens (primary N) is 1. The first-order valence-corrected chi connectivity index (χ1v) is 9.26. The monoisotopic (exact) mass is 374 g/mol. The Morgan fingerprint density at radius 3 is 2.73 bits per heavy atom. The number of methoxy groups -OCH3 is 1. The van der Waals surface area contributed by atoms with Gasteiger partial charge in [0.05, 0.1) is 18.7 Å². The molecule has 3 rings (SSSR count). The van der Waals surface area contributed by atoms with Gasteiger partial charge < -0.3 is 20.7 Å². The molecule has 0 unspecified atom stereocenters. The molecule has 1 atom stereocenters. The van der Waals surface area contributed by atoms with Crippen molar-refractivity contribution in [3.63, 3.8) is 0 Å². The minimum absolute atomic E-state index is 0.119. The van der Waals surface area contributed by atoms with E-state index in [0.717, 1.165) is 34.7 Å². The van der Waals surface area contributed by atoms with Crippen LogP contribution in [0.25, 0.3) is 11.3 Å². The number of benzene rings is 1. The highest BCUT2D eigenvalue weighted by Gasteiger charge is 2.28. The predicted octanol–water partition coefficient (Wildman–Crippen LogP) is 2.86. The summed E-state index contributed by atoms with van der Waals surface area (Å²) in [6, 6.07) is 7.17. The van der Waals surface area contributed by atoms with Crippen LogP contribution in [0.3, 0.4) is 0 Å². The van der Waals surface area contributed by atoms with Crippen LogP contribution in [0.4, 0.5) is 9.93 Å². The molecule has 0 radical (unpaired) electrons. The third kappa shape index (κ3) is 3.96. The number of hydrogen-bond donors (Lipinski definition) is 2. The number of nitrogens with zero attached hydrogens (tertiary/aromatic N) is 2. The number of carbonyl (C=O) groups is 2. The molecule has 1 fully saturated rings. The van der Waals surface area contributed by atoms with E-state index >= 15 is 0 Å². The van der Waals surface area contributed by atoms with Gasteiger partial charge in [-0.05, 0) is 44.0 Å². The van der Waals surface area contributed by atoms with Crippen LogP contribution >= 0.6 is 11.3 Å². The van der Waals surface area contributed by atoms with Gasteiger partial charge in [-0.3, -0.25) is 4.79 Å². The van der Waals surface area contributed by atoms with Crippen LogP contribution in [0.15, 0.2) is 24.3 Å². The van der Waals surface area contributed by atoms with Crippen LogP contribution < -0.4 is 15.8 Å². The van der Waals surface area contributed by atoms with E-state index in [1.54, 1.807) is 7.11 Å². The van der Waals surface area contributed by atoms with E-state index in [2.05, 4.69) is 10.3 Å². The van der Waals surface area contributed by atoms with Crippen molar-refractivity contribution < 1.29 is 14.3 Å². The first-order valence-electron chi connectivity index (χ1n) is 8.45. The van der Waals surface area contributed by atoms with Gasteiger partial charge >= 0.3 is 6.03 Å². The molecule has 8 heteroatoms. The highest BCUT2D eigenvalue weighted by molar-refractivity contribution is 7.16. The zero-order chi connectivity index (χ0) is 18.7. The summed E-state index contributed by atoms with van der Waals surface area (Å²) in [6.07, 6.45) is 1.51. The van der Waals surface area contributed by atoms with Gasteiger partial charge in [0.2, 0.25) is 5.91 Å².